The second kappa shape index (κ2) is 6.62. The van der Waals surface area contributed by atoms with Crippen LogP contribution in [0.1, 0.15) is 35.9 Å². The minimum Gasteiger partial charge on any atom is -0.332 e. The van der Waals surface area contributed by atoms with Crippen LogP contribution in [0.5, 0.6) is 0 Å². The Labute approximate surface area is 148 Å². The molecule has 1 atom stereocenters. The molecule has 1 aromatic carbocycles. The number of aromatic nitrogens is 2. The van der Waals surface area contributed by atoms with Gasteiger partial charge < -0.3 is 10.2 Å². The molecule has 6 nitrogen and oxygen atoms in total. The molecule has 1 unspecified atom stereocenters. The van der Waals surface area contributed by atoms with Gasteiger partial charge in [0.2, 0.25) is 0 Å². The van der Waals surface area contributed by atoms with Crippen LogP contribution in [0.2, 0.25) is 0 Å². The first-order valence-corrected chi connectivity index (χ1v) is 8.18. The molecule has 0 aliphatic carbocycles. The number of benzene rings is 1. The summed E-state index contributed by atoms with van der Waals surface area (Å²) in [5, 5.41) is 10.1. The van der Waals surface area contributed by atoms with E-state index in [4.69, 9.17) is 0 Å². The summed E-state index contributed by atoms with van der Waals surface area (Å²) >= 11 is 0. The van der Waals surface area contributed by atoms with Crippen molar-refractivity contribution >= 4 is 6.03 Å². The lowest BCUT2D eigenvalue weighted by Gasteiger charge is -2.25. The number of carbonyl (C=O) groups excluding carboxylic acids is 1. The van der Waals surface area contributed by atoms with Crippen LogP contribution in [0, 0.1) is 6.92 Å². The number of hydrogen-bond donors (Lipinski definition) is 1. The highest BCUT2D eigenvalue weighted by Crippen LogP contribution is 2.36. The van der Waals surface area contributed by atoms with Gasteiger partial charge in [0.25, 0.3) is 0 Å². The quantitative estimate of drug-likeness (QED) is 0.903. The number of alkyl halides is 3. The van der Waals surface area contributed by atoms with Gasteiger partial charge in [0.05, 0.1) is 12.1 Å². The van der Waals surface area contributed by atoms with Crippen LogP contribution in [0.4, 0.5) is 18.0 Å². The zero-order valence-corrected chi connectivity index (χ0v) is 14.4. The highest BCUT2D eigenvalue weighted by atomic mass is 19.4. The predicted molar refractivity (Wildman–Crippen MR) is 86.3 cm³/mol. The van der Waals surface area contributed by atoms with Gasteiger partial charge in [-0.15, -0.1) is 0 Å². The zero-order valence-electron chi connectivity index (χ0n) is 14.4. The van der Waals surface area contributed by atoms with Crippen LogP contribution >= 0.6 is 0 Å². The first kappa shape index (κ1) is 18.2. The third-order valence-electron chi connectivity index (χ3n) is 4.82. The second-order valence-corrected chi connectivity index (χ2v) is 6.76. The standard InChI is InChI=1S/C17H19F3N4O2/c1-11-14(23-26-22-11)9-21-15(25)24-8-7-16(2,10-24)12-3-5-13(6-4-12)17(18,19)20/h3-6H,7-10H2,1-2H3,(H,21,25). The minimum absolute atomic E-state index is 0.210. The first-order valence-electron chi connectivity index (χ1n) is 8.18. The van der Waals surface area contributed by atoms with E-state index in [-0.39, 0.29) is 18.0 Å². The molecule has 9 heteroatoms. The molecule has 26 heavy (non-hydrogen) atoms. The van der Waals surface area contributed by atoms with Crippen molar-refractivity contribution in [3.05, 3.63) is 46.8 Å². The number of rotatable bonds is 3. The fourth-order valence-corrected chi connectivity index (χ4v) is 3.11. The fraction of sp³-hybridized carbons (Fsp3) is 0.471. The predicted octanol–water partition coefficient (Wildman–Crippen LogP) is 3.27. The van der Waals surface area contributed by atoms with Crippen LogP contribution in [-0.2, 0) is 18.1 Å². The maximum atomic E-state index is 12.7. The SMILES string of the molecule is Cc1nonc1CNC(=O)N1CCC(C)(c2ccc(C(F)(F)F)cc2)C1. The van der Waals surface area contributed by atoms with E-state index >= 15 is 0 Å². The maximum Gasteiger partial charge on any atom is 0.416 e. The fourth-order valence-electron chi connectivity index (χ4n) is 3.11. The summed E-state index contributed by atoms with van der Waals surface area (Å²) in [6, 6.07) is 4.92. The Bertz CT molecular complexity index is 788. The molecule has 2 aromatic rings. The number of nitrogens with zero attached hydrogens (tertiary/aromatic N) is 3. The van der Waals surface area contributed by atoms with E-state index in [2.05, 4.69) is 20.3 Å². The molecule has 1 saturated heterocycles. The van der Waals surface area contributed by atoms with Gasteiger partial charge in [-0.2, -0.15) is 13.2 Å². The number of urea groups is 1. The van der Waals surface area contributed by atoms with E-state index < -0.39 is 11.7 Å². The number of likely N-dealkylation sites (tertiary alicyclic amines) is 1. The normalized spacial score (nSPS) is 20.4. The average Bonchev–Trinajstić information content (AvgIpc) is 3.19. The number of halogens is 3. The van der Waals surface area contributed by atoms with E-state index in [1.54, 1.807) is 11.8 Å². The maximum absolute atomic E-state index is 12.7. The first-order chi connectivity index (χ1) is 12.2. The van der Waals surface area contributed by atoms with E-state index in [1.165, 1.54) is 12.1 Å². The van der Waals surface area contributed by atoms with Crippen LogP contribution in [0.15, 0.2) is 28.9 Å². The molecule has 1 aliphatic heterocycles. The molecule has 2 heterocycles. The van der Waals surface area contributed by atoms with Gasteiger partial charge in [-0.1, -0.05) is 29.4 Å². The van der Waals surface area contributed by atoms with Crippen molar-refractivity contribution in [3.63, 3.8) is 0 Å². The van der Waals surface area contributed by atoms with Gasteiger partial charge in [0, 0.05) is 18.5 Å². The summed E-state index contributed by atoms with van der Waals surface area (Å²) in [5.41, 5.74) is 0.906. The largest absolute Gasteiger partial charge is 0.416 e. The summed E-state index contributed by atoms with van der Waals surface area (Å²) in [7, 11) is 0. The molecule has 0 saturated carbocycles. The number of aryl methyl sites for hydroxylation is 1. The Hall–Kier alpha value is -2.58. The molecule has 1 fully saturated rings. The summed E-state index contributed by atoms with van der Waals surface area (Å²) in [5.74, 6) is 0. The Kier molecular flexibility index (Phi) is 4.64. The van der Waals surface area contributed by atoms with E-state index in [9.17, 15) is 18.0 Å². The van der Waals surface area contributed by atoms with Gasteiger partial charge in [0.1, 0.15) is 11.4 Å². The lowest BCUT2D eigenvalue weighted by Crippen LogP contribution is -2.40. The number of amides is 2. The van der Waals surface area contributed by atoms with E-state index in [0.29, 0.717) is 30.9 Å². The lowest BCUT2D eigenvalue weighted by atomic mass is 9.81. The number of carbonyl (C=O) groups is 1. The van der Waals surface area contributed by atoms with Crippen LogP contribution in [0.25, 0.3) is 0 Å². The van der Waals surface area contributed by atoms with Crippen molar-refractivity contribution in [2.45, 2.75) is 38.4 Å². The molecule has 3 rings (SSSR count). The molecule has 1 aliphatic rings. The Balaban J connectivity index is 1.63. The van der Waals surface area contributed by atoms with E-state index in [0.717, 1.165) is 17.7 Å². The average molecular weight is 368 g/mol. The molecule has 1 N–H and O–H groups in total. The number of hydrogen-bond acceptors (Lipinski definition) is 4. The summed E-state index contributed by atoms with van der Waals surface area (Å²) in [6.45, 7) is 4.85. The molecule has 2 amide bonds. The van der Waals surface area contributed by atoms with Gasteiger partial charge in [0.15, 0.2) is 0 Å². The zero-order chi connectivity index (χ0) is 18.9. The van der Waals surface area contributed by atoms with Crippen molar-refractivity contribution in [1.29, 1.82) is 0 Å². The summed E-state index contributed by atoms with van der Waals surface area (Å²) < 4.78 is 42.7. The van der Waals surface area contributed by atoms with Gasteiger partial charge in [-0.25, -0.2) is 9.42 Å². The van der Waals surface area contributed by atoms with Crippen molar-refractivity contribution in [2.75, 3.05) is 13.1 Å². The number of nitrogens with one attached hydrogen (secondary N) is 1. The topological polar surface area (TPSA) is 71.3 Å². The highest BCUT2D eigenvalue weighted by molar-refractivity contribution is 5.74. The highest BCUT2D eigenvalue weighted by Gasteiger charge is 2.38. The summed E-state index contributed by atoms with van der Waals surface area (Å²) in [4.78, 5) is 14.0. The monoisotopic (exact) mass is 368 g/mol. The molecule has 140 valence electrons. The third kappa shape index (κ3) is 3.66. The van der Waals surface area contributed by atoms with Crippen LogP contribution < -0.4 is 5.32 Å². The van der Waals surface area contributed by atoms with Crippen molar-refractivity contribution in [3.8, 4) is 0 Å². The van der Waals surface area contributed by atoms with Gasteiger partial charge >= 0.3 is 12.2 Å². The van der Waals surface area contributed by atoms with Crippen molar-refractivity contribution in [2.24, 2.45) is 0 Å². The lowest BCUT2D eigenvalue weighted by molar-refractivity contribution is -0.137. The third-order valence-corrected chi connectivity index (χ3v) is 4.82. The smallest absolute Gasteiger partial charge is 0.332 e. The summed E-state index contributed by atoms with van der Waals surface area (Å²) in [6.07, 6.45) is -3.68. The molecule has 0 spiro atoms. The Morgan fingerprint density at radius 1 is 1.31 bits per heavy atom. The Morgan fingerprint density at radius 3 is 2.58 bits per heavy atom. The minimum atomic E-state index is -4.35. The molecule has 0 bridgehead atoms. The molecular formula is C17H19F3N4O2. The molecule has 1 aromatic heterocycles. The van der Waals surface area contributed by atoms with Crippen molar-refractivity contribution < 1.29 is 22.6 Å². The van der Waals surface area contributed by atoms with Crippen molar-refractivity contribution in [1.82, 2.24) is 20.5 Å². The van der Waals surface area contributed by atoms with Crippen LogP contribution in [-0.4, -0.2) is 34.3 Å². The second-order valence-electron chi connectivity index (χ2n) is 6.76. The van der Waals surface area contributed by atoms with Gasteiger partial charge in [-0.3, -0.25) is 0 Å². The molecular weight excluding hydrogens is 349 g/mol. The van der Waals surface area contributed by atoms with Crippen LogP contribution in [0.3, 0.4) is 0 Å². The molecule has 0 radical (unpaired) electrons. The van der Waals surface area contributed by atoms with E-state index in [1.807, 2.05) is 6.92 Å². The Morgan fingerprint density at radius 2 is 2.00 bits per heavy atom. The van der Waals surface area contributed by atoms with Gasteiger partial charge in [-0.05, 0) is 31.0 Å².